The van der Waals surface area contributed by atoms with Crippen molar-refractivity contribution in [3.63, 3.8) is 0 Å². The predicted octanol–water partition coefficient (Wildman–Crippen LogP) is 1.37. The van der Waals surface area contributed by atoms with Crippen molar-refractivity contribution in [2.24, 2.45) is 5.41 Å². The van der Waals surface area contributed by atoms with E-state index in [1.165, 1.54) is 5.69 Å². The summed E-state index contributed by atoms with van der Waals surface area (Å²) in [6.45, 7) is 8.44. The third-order valence-corrected chi connectivity index (χ3v) is 2.98. The number of nitrogens with one attached hydrogen (secondary N) is 2. The van der Waals surface area contributed by atoms with Crippen LogP contribution >= 0.6 is 0 Å². The van der Waals surface area contributed by atoms with Crippen molar-refractivity contribution in [1.29, 1.82) is 0 Å². The van der Waals surface area contributed by atoms with Crippen LogP contribution in [0, 0.1) is 5.41 Å². The van der Waals surface area contributed by atoms with Crippen LogP contribution < -0.4 is 10.6 Å². The molecule has 0 unspecified atom stereocenters. The van der Waals surface area contributed by atoms with Gasteiger partial charge in [-0.05, 0) is 32.9 Å². The molecule has 1 aromatic rings. The zero-order valence-corrected chi connectivity index (χ0v) is 11.2. The molecule has 2 N–H and O–H groups in total. The van der Waals surface area contributed by atoms with Crippen molar-refractivity contribution in [2.45, 2.75) is 33.9 Å². The summed E-state index contributed by atoms with van der Waals surface area (Å²) in [5, 5.41) is 6.02. The second kappa shape index (κ2) is 5.87. The molecular formula is C13H23N3O. The smallest absolute Gasteiger partial charge is 0.226 e. The Balaban J connectivity index is 2.45. The first kappa shape index (κ1) is 13.8. The summed E-state index contributed by atoms with van der Waals surface area (Å²) < 4.78 is 2.19. The third kappa shape index (κ3) is 3.60. The van der Waals surface area contributed by atoms with Crippen LogP contribution in [0.5, 0.6) is 0 Å². The topological polar surface area (TPSA) is 46.1 Å². The molecule has 1 rings (SSSR count). The van der Waals surface area contributed by atoms with Crippen molar-refractivity contribution in [1.82, 2.24) is 15.2 Å². The van der Waals surface area contributed by atoms with Crippen LogP contribution in [0.15, 0.2) is 18.3 Å². The number of carbonyl (C=O) groups excluding carboxylic acids is 1. The Morgan fingerprint density at radius 2 is 2.18 bits per heavy atom. The summed E-state index contributed by atoms with van der Waals surface area (Å²) in [4.78, 5) is 11.6. The average Bonchev–Trinajstić information content (AvgIpc) is 2.75. The van der Waals surface area contributed by atoms with Crippen LogP contribution in [0.1, 0.15) is 26.5 Å². The summed E-state index contributed by atoms with van der Waals surface area (Å²) >= 11 is 0. The van der Waals surface area contributed by atoms with Gasteiger partial charge in [0.05, 0.1) is 5.41 Å². The van der Waals surface area contributed by atoms with Crippen LogP contribution in [0.4, 0.5) is 0 Å². The highest BCUT2D eigenvalue weighted by atomic mass is 16.2. The van der Waals surface area contributed by atoms with Crippen molar-refractivity contribution in [2.75, 3.05) is 13.6 Å². The van der Waals surface area contributed by atoms with Crippen molar-refractivity contribution in [3.05, 3.63) is 24.0 Å². The van der Waals surface area contributed by atoms with Crippen molar-refractivity contribution in [3.8, 4) is 0 Å². The molecule has 0 spiro atoms. The van der Waals surface area contributed by atoms with E-state index < -0.39 is 0 Å². The van der Waals surface area contributed by atoms with Gasteiger partial charge in [0.2, 0.25) is 5.91 Å². The lowest BCUT2D eigenvalue weighted by Gasteiger charge is -2.23. The zero-order chi connectivity index (χ0) is 12.9. The maximum atomic E-state index is 11.6. The Morgan fingerprint density at radius 1 is 1.47 bits per heavy atom. The Morgan fingerprint density at radius 3 is 2.76 bits per heavy atom. The number of aromatic nitrogens is 1. The van der Waals surface area contributed by atoms with E-state index in [0.717, 1.165) is 13.1 Å². The van der Waals surface area contributed by atoms with Crippen molar-refractivity contribution >= 4 is 5.91 Å². The average molecular weight is 237 g/mol. The first-order valence-electron chi connectivity index (χ1n) is 6.08. The van der Waals surface area contributed by atoms with E-state index in [0.29, 0.717) is 6.54 Å². The first-order valence-corrected chi connectivity index (χ1v) is 6.08. The molecule has 0 atom stereocenters. The van der Waals surface area contributed by atoms with Gasteiger partial charge in [-0.15, -0.1) is 0 Å². The summed E-state index contributed by atoms with van der Waals surface area (Å²) in [5.41, 5.74) is 0.874. The number of hydrogen-bond acceptors (Lipinski definition) is 2. The second-order valence-electron chi connectivity index (χ2n) is 4.85. The van der Waals surface area contributed by atoms with Crippen molar-refractivity contribution < 1.29 is 4.79 Å². The third-order valence-electron chi connectivity index (χ3n) is 2.98. The van der Waals surface area contributed by atoms with Gasteiger partial charge < -0.3 is 15.2 Å². The molecule has 4 nitrogen and oxygen atoms in total. The van der Waals surface area contributed by atoms with Crippen LogP contribution in [-0.2, 0) is 17.9 Å². The maximum Gasteiger partial charge on any atom is 0.226 e. The van der Waals surface area contributed by atoms with Gasteiger partial charge in [0.25, 0.3) is 0 Å². The fourth-order valence-corrected chi connectivity index (χ4v) is 1.84. The molecule has 0 fully saturated rings. The van der Waals surface area contributed by atoms with E-state index in [1.807, 2.05) is 19.9 Å². The lowest BCUT2D eigenvalue weighted by Crippen LogP contribution is -2.42. The quantitative estimate of drug-likeness (QED) is 0.785. The van der Waals surface area contributed by atoms with Crippen LogP contribution in [-0.4, -0.2) is 24.1 Å². The predicted molar refractivity (Wildman–Crippen MR) is 69.7 cm³/mol. The normalized spacial score (nSPS) is 11.5. The molecular weight excluding hydrogens is 214 g/mol. The molecule has 0 radical (unpaired) electrons. The van der Waals surface area contributed by atoms with Gasteiger partial charge in [0.1, 0.15) is 0 Å². The fourth-order valence-electron chi connectivity index (χ4n) is 1.84. The van der Waals surface area contributed by atoms with Crippen LogP contribution in [0.25, 0.3) is 0 Å². The molecule has 17 heavy (non-hydrogen) atoms. The minimum absolute atomic E-state index is 0.0656. The van der Waals surface area contributed by atoms with Gasteiger partial charge >= 0.3 is 0 Å². The van der Waals surface area contributed by atoms with Gasteiger partial charge in [0, 0.05) is 38.6 Å². The van der Waals surface area contributed by atoms with E-state index in [1.54, 1.807) is 7.05 Å². The molecule has 4 heteroatoms. The van der Waals surface area contributed by atoms with E-state index in [-0.39, 0.29) is 11.3 Å². The number of aryl methyl sites for hydroxylation is 1. The van der Waals surface area contributed by atoms with E-state index >= 15 is 0 Å². The van der Waals surface area contributed by atoms with E-state index in [4.69, 9.17) is 0 Å². The van der Waals surface area contributed by atoms with Gasteiger partial charge in [-0.2, -0.15) is 0 Å². The summed E-state index contributed by atoms with van der Waals surface area (Å²) in [5.74, 6) is 0.0656. The lowest BCUT2D eigenvalue weighted by atomic mass is 9.92. The highest BCUT2D eigenvalue weighted by Gasteiger charge is 2.25. The van der Waals surface area contributed by atoms with Crippen LogP contribution in [0.3, 0.4) is 0 Å². The molecule has 0 bridgehead atoms. The summed E-state index contributed by atoms with van der Waals surface area (Å²) in [6.07, 6.45) is 2.07. The molecule has 1 aromatic heterocycles. The highest BCUT2D eigenvalue weighted by molar-refractivity contribution is 5.81. The largest absolute Gasteiger partial charge is 0.359 e. The first-order chi connectivity index (χ1) is 8.01. The Bertz CT molecular complexity index is 368. The molecule has 0 aliphatic rings. The maximum absolute atomic E-state index is 11.6. The summed E-state index contributed by atoms with van der Waals surface area (Å²) in [6, 6.07) is 4.15. The fraction of sp³-hybridized carbons (Fsp3) is 0.615. The zero-order valence-electron chi connectivity index (χ0n) is 11.2. The highest BCUT2D eigenvalue weighted by Crippen LogP contribution is 2.13. The van der Waals surface area contributed by atoms with Gasteiger partial charge in [-0.25, -0.2) is 0 Å². The monoisotopic (exact) mass is 237 g/mol. The Hall–Kier alpha value is -1.29. The van der Waals surface area contributed by atoms with Gasteiger partial charge in [-0.3, -0.25) is 4.79 Å². The second-order valence-corrected chi connectivity index (χ2v) is 4.85. The van der Waals surface area contributed by atoms with Crippen LogP contribution in [0.2, 0.25) is 0 Å². The van der Waals surface area contributed by atoms with E-state index in [9.17, 15) is 4.79 Å². The van der Waals surface area contributed by atoms with E-state index in [2.05, 4.69) is 34.4 Å². The number of rotatable bonds is 6. The standard InChI is InChI=1S/C13H23N3O/c1-5-16-8-6-7-11(16)9-15-10-13(2,3)12(17)14-4/h6-8,15H,5,9-10H2,1-4H3,(H,14,17). The lowest BCUT2D eigenvalue weighted by molar-refractivity contribution is -0.128. The SMILES string of the molecule is CCn1cccc1CNCC(C)(C)C(=O)NC. The minimum atomic E-state index is -0.377. The Kier molecular flexibility index (Phi) is 4.75. The molecule has 0 saturated carbocycles. The number of nitrogens with zero attached hydrogens (tertiary/aromatic N) is 1. The molecule has 1 heterocycles. The molecule has 96 valence electrons. The van der Waals surface area contributed by atoms with Gasteiger partial charge in [0.15, 0.2) is 0 Å². The molecule has 0 saturated heterocycles. The molecule has 0 aliphatic heterocycles. The molecule has 1 amide bonds. The number of carbonyl (C=O) groups is 1. The molecule has 0 aliphatic carbocycles. The number of amides is 1. The number of hydrogen-bond donors (Lipinski definition) is 2. The summed E-state index contributed by atoms with van der Waals surface area (Å²) in [7, 11) is 1.67. The minimum Gasteiger partial charge on any atom is -0.359 e. The van der Waals surface area contributed by atoms with Gasteiger partial charge in [-0.1, -0.05) is 0 Å². The Labute approximate surface area is 103 Å². The molecule has 0 aromatic carbocycles.